The van der Waals surface area contributed by atoms with Gasteiger partial charge in [0.05, 0.1) is 5.00 Å². The van der Waals surface area contributed by atoms with E-state index in [0.717, 1.165) is 57.3 Å². The zero-order chi connectivity index (χ0) is 19.2. The molecule has 29 heavy (non-hydrogen) atoms. The van der Waals surface area contributed by atoms with Crippen molar-refractivity contribution < 1.29 is 0 Å². The maximum absolute atomic E-state index is 4.54. The van der Waals surface area contributed by atoms with E-state index in [1.165, 1.54) is 23.4 Å². The number of piperidine rings is 1. The van der Waals surface area contributed by atoms with Crippen molar-refractivity contribution in [3.8, 4) is 0 Å². The molecule has 158 valence electrons. The Kier molecular flexibility index (Phi) is 8.40. The second kappa shape index (κ2) is 11.0. The van der Waals surface area contributed by atoms with Gasteiger partial charge in [0.2, 0.25) is 0 Å². The number of thiophene rings is 1. The second-order valence-electron chi connectivity index (χ2n) is 7.50. The van der Waals surface area contributed by atoms with Crippen LogP contribution in [-0.4, -0.2) is 50.2 Å². The van der Waals surface area contributed by atoms with Crippen molar-refractivity contribution in [3.63, 3.8) is 0 Å². The summed E-state index contributed by atoms with van der Waals surface area (Å²) in [6.07, 6.45) is 6.72. The molecule has 2 fully saturated rings. The minimum atomic E-state index is 0. The largest absolute Gasteiger partial charge is 0.363 e. The van der Waals surface area contributed by atoms with Gasteiger partial charge in [-0.3, -0.25) is 4.99 Å². The molecule has 0 saturated carbocycles. The number of rotatable bonds is 5. The highest BCUT2D eigenvalue weighted by atomic mass is 127. The molecule has 2 aliphatic heterocycles. The molecule has 4 heterocycles. The lowest BCUT2D eigenvalue weighted by Crippen LogP contribution is -2.48. The number of guanidine groups is 1. The van der Waals surface area contributed by atoms with Crippen LogP contribution < -0.4 is 20.4 Å². The minimum absolute atomic E-state index is 0. The van der Waals surface area contributed by atoms with E-state index in [1.54, 1.807) is 0 Å². The van der Waals surface area contributed by atoms with Gasteiger partial charge in [-0.25, -0.2) is 4.98 Å². The number of nitrogens with zero attached hydrogens (tertiary/aromatic N) is 4. The average molecular weight is 526 g/mol. The summed E-state index contributed by atoms with van der Waals surface area (Å²) in [7, 11) is 1.85. The number of hydrogen-bond acceptors (Lipinski definition) is 5. The predicted molar refractivity (Wildman–Crippen MR) is 134 cm³/mol. The number of anilines is 2. The lowest BCUT2D eigenvalue weighted by atomic mass is 10.1. The molecule has 4 rings (SSSR count). The number of halogens is 1. The smallest absolute Gasteiger partial charge is 0.191 e. The van der Waals surface area contributed by atoms with Gasteiger partial charge in [-0.15, -0.1) is 35.3 Å². The van der Waals surface area contributed by atoms with Crippen molar-refractivity contribution >= 4 is 52.1 Å². The fourth-order valence-corrected chi connectivity index (χ4v) is 4.74. The van der Waals surface area contributed by atoms with Crippen molar-refractivity contribution in [2.75, 3.05) is 43.0 Å². The minimum Gasteiger partial charge on any atom is -0.363 e. The highest BCUT2D eigenvalue weighted by Crippen LogP contribution is 2.24. The van der Waals surface area contributed by atoms with Crippen LogP contribution in [0.1, 0.15) is 31.2 Å². The van der Waals surface area contributed by atoms with Crippen LogP contribution in [0.2, 0.25) is 0 Å². The number of pyridine rings is 1. The van der Waals surface area contributed by atoms with Crippen LogP contribution in [0, 0.1) is 0 Å². The first-order chi connectivity index (χ1) is 13.8. The number of aromatic nitrogens is 1. The number of aliphatic imine (C=N–C) groups is 1. The van der Waals surface area contributed by atoms with Crippen LogP contribution in [0.5, 0.6) is 0 Å². The molecule has 0 atom stereocenters. The lowest BCUT2D eigenvalue weighted by molar-refractivity contribution is 0.463. The van der Waals surface area contributed by atoms with Crippen LogP contribution >= 0.6 is 35.3 Å². The summed E-state index contributed by atoms with van der Waals surface area (Å²) in [5, 5.41) is 10.6. The van der Waals surface area contributed by atoms with Gasteiger partial charge in [0.15, 0.2) is 5.96 Å². The maximum atomic E-state index is 4.54. The van der Waals surface area contributed by atoms with E-state index in [0.29, 0.717) is 6.04 Å². The van der Waals surface area contributed by atoms with Crippen LogP contribution in [0.15, 0.2) is 40.8 Å². The van der Waals surface area contributed by atoms with Crippen LogP contribution in [0.3, 0.4) is 0 Å². The molecular weight excluding hydrogens is 495 g/mol. The number of hydrogen-bond donors (Lipinski definition) is 2. The zero-order valence-electron chi connectivity index (χ0n) is 17.0. The molecular formula is C21H31IN6S. The monoisotopic (exact) mass is 526 g/mol. The summed E-state index contributed by atoms with van der Waals surface area (Å²) >= 11 is 1.83. The van der Waals surface area contributed by atoms with E-state index < -0.39 is 0 Å². The number of nitrogens with one attached hydrogen (secondary N) is 2. The Morgan fingerprint density at radius 2 is 1.97 bits per heavy atom. The normalized spacial score (nSPS) is 17.9. The average Bonchev–Trinajstić information content (AvgIpc) is 3.46. The quantitative estimate of drug-likeness (QED) is 0.354. The lowest BCUT2D eigenvalue weighted by Gasteiger charge is -2.33. The first-order valence-electron chi connectivity index (χ1n) is 10.3. The van der Waals surface area contributed by atoms with Gasteiger partial charge in [0.25, 0.3) is 0 Å². The van der Waals surface area contributed by atoms with Gasteiger partial charge in [-0.2, -0.15) is 0 Å². The topological polar surface area (TPSA) is 55.8 Å². The van der Waals surface area contributed by atoms with Crippen molar-refractivity contribution in [1.82, 2.24) is 15.6 Å². The Morgan fingerprint density at radius 3 is 2.66 bits per heavy atom. The van der Waals surface area contributed by atoms with Crippen LogP contribution in [0.4, 0.5) is 10.8 Å². The van der Waals surface area contributed by atoms with Crippen molar-refractivity contribution in [1.29, 1.82) is 0 Å². The van der Waals surface area contributed by atoms with Gasteiger partial charge in [-0.05, 0) is 60.9 Å². The van der Waals surface area contributed by atoms with Gasteiger partial charge in [-0.1, -0.05) is 0 Å². The summed E-state index contributed by atoms with van der Waals surface area (Å²) in [4.78, 5) is 13.8. The molecule has 0 aromatic carbocycles. The highest BCUT2D eigenvalue weighted by Gasteiger charge is 2.20. The summed E-state index contributed by atoms with van der Waals surface area (Å²) in [5.41, 5.74) is 1.24. The standard InChI is InChI=1S/C21H30N6S.HI/c1-22-21(25-18-7-12-27(13-8-18)20-5-4-14-28-20)24-16-17-6-9-23-19(15-17)26-10-2-3-11-26;/h4-6,9,14-15,18H,2-3,7-8,10-13,16H2,1H3,(H2,22,24,25);1H. The molecule has 6 nitrogen and oxygen atoms in total. The van der Waals surface area contributed by atoms with Gasteiger partial charge in [0.1, 0.15) is 5.82 Å². The van der Waals surface area contributed by atoms with E-state index in [4.69, 9.17) is 0 Å². The molecule has 8 heteroatoms. The Balaban J connectivity index is 0.00000240. The fraction of sp³-hybridized carbons (Fsp3) is 0.524. The molecule has 2 aliphatic rings. The summed E-state index contributed by atoms with van der Waals surface area (Å²) in [5.74, 6) is 1.98. The SMILES string of the molecule is CN=C(NCc1ccnc(N2CCCC2)c1)NC1CCN(c2cccs2)CC1.I. The van der Waals surface area contributed by atoms with Crippen molar-refractivity contribution in [3.05, 3.63) is 41.4 Å². The van der Waals surface area contributed by atoms with Gasteiger partial charge >= 0.3 is 0 Å². The predicted octanol–water partition coefficient (Wildman–Crippen LogP) is 3.70. The summed E-state index contributed by atoms with van der Waals surface area (Å²) in [6, 6.07) is 9.10. The Bertz CT molecular complexity index is 767. The Hall–Kier alpha value is -1.55. The molecule has 2 aromatic heterocycles. The molecule has 0 bridgehead atoms. The Morgan fingerprint density at radius 1 is 1.17 bits per heavy atom. The zero-order valence-corrected chi connectivity index (χ0v) is 20.2. The fourth-order valence-electron chi connectivity index (χ4n) is 3.96. The molecule has 0 unspecified atom stereocenters. The first kappa shape index (κ1) is 22.1. The van der Waals surface area contributed by atoms with E-state index in [2.05, 4.69) is 60.1 Å². The molecule has 0 radical (unpaired) electrons. The molecule has 2 N–H and O–H groups in total. The highest BCUT2D eigenvalue weighted by molar-refractivity contribution is 14.0. The molecule has 0 amide bonds. The third kappa shape index (κ3) is 5.97. The van der Waals surface area contributed by atoms with Gasteiger partial charge < -0.3 is 20.4 Å². The maximum Gasteiger partial charge on any atom is 0.191 e. The van der Waals surface area contributed by atoms with Crippen molar-refractivity contribution in [2.24, 2.45) is 4.99 Å². The second-order valence-corrected chi connectivity index (χ2v) is 8.43. The molecule has 0 spiro atoms. The van der Waals surface area contributed by atoms with E-state index in [1.807, 2.05) is 24.6 Å². The van der Waals surface area contributed by atoms with E-state index in [-0.39, 0.29) is 24.0 Å². The third-order valence-corrected chi connectivity index (χ3v) is 6.51. The Labute approximate surface area is 194 Å². The molecule has 2 saturated heterocycles. The summed E-state index contributed by atoms with van der Waals surface area (Å²) in [6.45, 7) is 5.20. The van der Waals surface area contributed by atoms with E-state index >= 15 is 0 Å². The molecule has 0 aliphatic carbocycles. The van der Waals surface area contributed by atoms with Crippen molar-refractivity contribution in [2.45, 2.75) is 38.3 Å². The third-order valence-electron chi connectivity index (χ3n) is 5.58. The first-order valence-corrected chi connectivity index (χ1v) is 11.2. The van der Waals surface area contributed by atoms with E-state index in [9.17, 15) is 0 Å². The van der Waals surface area contributed by atoms with Crippen LogP contribution in [-0.2, 0) is 6.54 Å². The van der Waals surface area contributed by atoms with Gasteiger partial charge in [0, 0.05) is 52.0 Å². The summed E-state index contributed by atoms with van der Waals surface area (Å²) < 4.78 is 0. The molecule has 2 aromatic rings. The van der Waals surface area contributed by atoms with Crippen LogP contribution in [0.25, 0.3) is 0 Å².